The number of hydrogen-bond donors (Lipinski definition) is 0. The molecule has 1 nitrogen and oxygen atoms in total. The normalized spacial score (nSPS) is 22.7. The van der Waals surface area contributed by atoms with Gasteiger partial charge in [0.15, 0.2) is 0 Å². The molecule has 3 heteroatoms. The third-order valence-corrected chi connectivity index (χ3v) is 14.4. The van der Waals surface area contributed by atoms with Crippen molar-refractivity contribution in [2.75, 3.05) is 6.54 Å². The van der Waals surface area contributed by atoms with E-state index in [0.29, 0.717) is 0 Å². The molecule has 0 saturated heterocycles. The first-order valence-corrected chi connectivity index (χ1v) is 11.7. The molecule has 0 aliphatic carbocycles. The van der Waals surface area contributed by atoms with Crippen LogP contribution < -0.4 is 10.4 Å². The third-order valence-electron chi connectivity index (χ3n) is 3.91. The van der Waals surface area contributed by atoms with Gasteiger partial charge in [-0.1, -0.05) is 57.4 Å². The fraction of sp³-hybridized carbons (Fsp3) is 0.500. The summed E-state index contributed by atoms with van der Waals surface area (Å²) in [6, 6.07) is 9.15. The lowest BCUT2D eigenvalue weighted by Crippen LogP contribution is -2.59. The second-order valence-corrected chi connectivity index (χ2v) is 14.2. The predicted molar refractivity (Wildman–Crippen MR) is 73.1 cm³/mol. The van der Waals surface area contributed by atoms with E-state index in [2.05, 4.69) is 61.6 Å². The Labute approximate surface area is 95.3 Å². The van der Waals surface area contributed by atoms with Gasteiger partial charge in [0.2, 0.25) is 0 Å². The van der Waals surface area contributed by atoms with E-state index in [-0.39, 0.29) is 0 Å². The molecule has 82 valence electrons. The van der Waals surface area contributed by atoms with Gasteiger partial charge in [-0.2, -0.15) is 0 Å². The molecule has 1 aliphatic rings. The third kappa shape index (κ3) is 1.37. The maximum absolute atomic E-state index is 2.85. The van der Waals surface area contributed by atoms with Crippen molar-refractivity contribution in [3.8, 4) is 0 Å². The Bertz CT molecular complexity index is 350. The number of rotatable bonds is 1. The van der Waals surface area contributed by atoms with Crippen LogP contribution >= 0.6 is 0 Å². The molecule has 0 bridgehead atoms. The van der Waals surface area contributed by atoms with Gasteiger partial charge in [0.05, 0.1) is 0 Å². The summed E-state index contributed by atoms with van der Waals surface area (Å²) in [6.07, 6.45) is 0. The van der Waals surface area contributed by atoms with Gasteiger partial charge in [-0.05, 0) is 16.9 Å². The maximum Gasteiger partial charge on any atom is 0.147 e. The topological polar surface area (TPSA) is 3.24 Å². The van der Waals surface area contributed by atoms with E-state index in [1.54, 1.807) is 10.4 Å². The van der Waals surface area contributed by atoms with Gasteiger partial charge < -0.3 is 4.23 Å². The van der Waals surface area contributed by atoms with Crippen molar-refractivity contribution in [2.45, 2.75) is 33.1 Å². The fourth-order valence-corrected chi connectivity index (χ4v) is 16.1. The van der Waals surface area contributed by atoms with Crippen LogP contribution in [0.15, 0.2) is 24.3 Å². The zero-order valence-corrected chi connectivity index (χ0v) is 12.5. The summed E-state index contributed by atoms with van der Waals surface area (Å²) in [5, 5.41) is 3.37. The minimum absolute atomic E-state index is 1.22. The van der Waals surface area contributed by atoms with Crippen molar-refractivity contribution < 1.29 is 0 Å². The van der Waals surface area contributed by atoms with Crippen LogP contribution in [0.2, 0.25) is 26.2 Å². The van der Waals surface area contributed by atoms with Crippen LogP contribution in [-0.2, 0) is 0 Å². The van der Waals surface area contributed by atoms with Gasteiger partial charge in [-0.15, -0.1) is 0 Å². The Kier molecular flexibility index (Phi) is 2.45. The van der Waals surface area contributed by atoms with Crippen LogP contribution in [0, 0.1) is 0 Å². The van der Waals surface area contributed by atoms with Gasteiger partial charge in [0, 0.05) is 0 Å². The molecule has 15 heavy (non-hydrogen) atoms. The van der Waals surface area contributed by atoms with Crippen molar-refractivity contribution in [1.82, 2.24) is 4.23 Å². The van der Waals surface area contributed by atoms with E-state index >= 15 is 0 Å². The quantitative estimate of drug-likeness (QED) is 0.672. The number of nitrogens with zero attached hydrogens (tertiary/aromatic N) is 1. The molecule has 1 aromatic rings. The Morgan fingerprint density at radius 3 is 1.67 bits per heavy atom. The maximum atomic E-state index is 2.85. The molecule has 0 spiro atoms. The number of hydrogen-bond acceptors (Lipinski definition) is 1. The van der Waals surface area contributed by atoms with Crippen LogP contribution in [0.5, 0.6) is 0 Å². The molecular weight excluding hydrogens is 214 g/mol. The van der Waals surface area contributed by atoms with Gasteiger partial charge in [-0.3, -0.25) is 0 Å². The Hall–Kier alpha value is -0.386. The Morgan fingerprint density at radius 1 is 0.933 bits per heavy atom. The highest BCUT2D eigenvalue weighted by atomic mass is 28.4. The summed E-state index contributed by atoms with van der Waals surface area (Å²) in [4.78, 5) is 0. The Balaban J connectivity index is 2.65. The molecule has 0 aromatic heterocycles. The van der Waals surface area contributed by atoms with Crippen LogP contribution in [0.4, 0.5) is 0 Å². The fourth-order valence-electron chi connectivity index (χ4n) is 3.33. The van der Waals surface area contributed by atoms with Crippen LogP contribution in [-0.4, -0.2) is 27.2 Å². The van der Waals surface area contributed by atoms with E-state index in [0.717, 1.165) is 0 Å². The molecule has 0 fully saturated rings. The molecule has 0 atom stereocenters. The minimum Gasteiger partial charge on any atom is -0.339 e. The second-order valence-electron chi connectivity index (χ2n) is 5.41. The zero-order valence-electron chi connectivity index (χ0n) is 10.5. The summed E-state index contributed by atoms with van der Waals surface area (Å²) >= 11 is 0. The summed E-state index contributed by atoms with van der Waals surface area (Å²) in [6.45, 7) is 13.5. The van der Waals surface area contributed by atoms with Gasteiger partial charge in [0.25, 0.3) is 0 Å². The molecule has 1 aromatic carbocycles. The first-order chi connectivity index (χ1) is 6.92. The van der Waals surface area contributed by atoms with Crippen molar-refractivity contribution in [2.24, 2.45) is 0 Å². The molecule has 0 N–H and O–H groups in total. The van der Waals surface area contributed by atoms with E-state index in [1.165, 1.54) is 6.54 Å². The first kappa shape index (κ1) is 11.1. The average molecular weight is 235 g/mol. The van der Waals surface area contributed by atoms with E-state index < -0.39 is 16.5 Å². The summed E-state index contributed by atoms with van der Waals surface area (Å²) < 4.78 is 2.85. The van der Waals surface area contributed by atoms with Gasteiger partial charge >= 0.3 is 0 Å². The predicted octanol–water partition coefficient (Wildman–Crippen LogP) is 1.85. The van der Waals surface area contributed by atoms with Crippen LogP contribution in [0.3, 0.4) is 0 Å². The molecule has 0 amide bonds. The van der Waals surface area contributed by atoms with E-state index in [9.17, 15) is 0 Å². The zero-order chi connectivity index (χ0) is 11.3. The highest BCUT2D eigenvalue weighted by Crippen LogP contribution is 2.25. The largest absolute Gasteiger partial charge is 0.339 e. The number of benzene rings is 1. The van der Waals surface area contributed by atoms with Gasteiger partial charge in [0.1, 0.15) is 16.5 Å². The molecule has 0 radical (unpaired) electrons. The lowest BCUT2D eigenvalue weighted by molar-refractivity contribution is 0.670. The standard InChI is InChI=1S/C12H21NSi2/c1-6-13-14(2,3)11-9-7-8-10-12(11)15(13,4)5/h7-10H,6H2,1-5H3. The highest BCUT2D eigenvalue weighted by molar-refractivity contribution is 7.10. The summed E-state index contributed by atoms with van der Waals surface area (Å²) in [5.74, 6) is 0. The minimum atomic E-state index is -1.33. The highest BCUT2D eigenvalue weighted by Gasteiger charge is 2.50. The lowest BCUT2D eigenvalue weighted by atomic mass is 10.4. The number of fused-ring (bicyclic) bond motifs is 1. The van der Waals surface area contributed by atoms with Crippen molar-refractivity contribution in [3.63, 3.8) is 0 Å². The van der Waals surface area contributed by atoms with Crippen molar-refractivity contribution in [3.05, 3.63) is 24.3 Å². The van der Waals surface area contributed by atoms with Crippen molar-refractivity contribution >= 4 is 26.8 Å². The summed E-state index contributed by atoms with van der Waals surface area (Å²) in [7, 11) is -2.66. The molecule has 0 saturated carbocycles. The monoisotopic (exact) mass is 235 g/mol. The van der Waals surface area contributed by atoms with Crippen LogP contribution in [0.1, 0.15) is 6.92 Å². The molecule has 1 aliphatic heterocycles. The van der Waals surface area contributed by atoms with Crippen molar-refractivity contribution in [1.29, 1.82) is 0 Å². The van der Waals surface area contributed by atoms with E-state index in [1.807, 2.05) is 0 Å². The van der Waals surface area contributed by atoms with Crippen LogP contribution in [0.25, 0.3) is 0 Å². The summed E-state index contributed by atoms with van der Waals surface area (Å²) in [5.41, 5.74) is 0. The van der Waals surface area contributed by atoms with E-state index in [4.69, 9.17) is 0 Å². The lowest BCUT2D eigenvalue weighted by Gasteiger charge is -2.38. The molecule has 1 heterocycles. The second kappa shape index (κ2) is 3.30. The average Bonchev–Trinajstić information content (AvgIpc) is 2.32. The Morgan fingerprint density at radius 2 is 1.33 bits per heavy atom. The molecule has 0 unspecified atom stereocenters. The SMILES string of the molecule is CCN1[Si](C)(C)c2ccccc2[Si]1(C)C. The smallest absolute Gasteiger partial charge is 0.147 e. The first-order valence-electron chi connectivity index (χ1n) is 5.80. The molecule has 2 rings (SSSR count). The van der Waals surface area contributed by atoms with Gasteiger partial charge in [-0.25, -0.2) is 0 Å². The molecular formula is C12H21NSi2.